The molecule has 0 heterocycles. The molecule has 0 aliphatic heterocycles. The van der Waals surface area contributed by atoms with Crippen LogP contribution in [0.25, 0.3) is 21.5 Å². The van der Waals surface area contributed by atoms with E-state index in [1.165, 1.54) is 27.1 Å². The molecule has 3 rings (SSSR count). The van der Waals surface area contributed by atoms with Gasteiger partial charge in [-0.05, 0) is 40.1 Å². The van der Waals surface area contributed by atoms with Gasteiger partial charge in [-0.3, -0.25) is 0 Å². The van der Waals surface area contributed by atoms with Gasteiger partial charge in [-0.15, -0.1) is 0 Å². The first kappa shape index (κ1) is 10.3. The Morgan fingerprint density at radius 3 is 2.29 bits per heavy atom. The topological polar surface area (TPSA) is 26.0 Å². The molecule has 0 radical (unpaired) electrons. The SMILES string of the molecule is NCCc1ccc2ccc3ccccc3c2c1. The summed E-state index contributed by atoms with van der Waals surface area (Å²) in [5.74, 6) is 0. The van der Waals surface area contributed by atoms with Gasteiger partial charge in [0.25, 0.3) is 0 Å². The summed E-state index contributed by atoms with van der Waals surface area (Å²) in [4.78, 5) is 0. The minimum absolute atomic E-state index is 0.705. The van der Waals surface area contributed by atoms with Gasteiger partial charge in [0, 0.05) is 0 Å². The van der Waals surface area contributed by atoms with E-state index >= 15 is 0 Å². The van der Waals surface area contributed by atoms with Crippen LogP contribution in [0.4, 0.5) is 0 Å². The van der Waals surface area contributed by atoms with Gasteiger partial charge in [0.1, 0.15) is 0 Å². The molecule has 1 nitrogen and oxygen atoms in total. The molecule has 0 aromatic heterocycles. The van der Waals surface area contributed by atoms with E-state index < -0.39 is 0 Å². The average molecular weight is 221 g/mol. The van der Waals surface area contributed by atoms with Gasteiger partial charge in [0.05, 0.1) is 0 Å². The summed E-state index contributed by atoms with van der Waals surface area (Å²) in [6.07, 6.45) is 0.944. The quantitative estimate of drug-likeness (QED) is 0.658. The Morgan fingerprint density at radius 2 is 1.47 bits per heavy atom. The molecule has 1 heteroatoms. The second-order valence-corrected chi connectivity index (χ2v) is 4.38. The Morgan fingerprint density at radius 1 is 0.765 bits per heavy atom. The molecule has 0 aliphatic rings. The molecule has 0 saturated carbocycles. The van der Waals surface area contributed by atoms with Crippen LogP contribution in [-0.4, -0.2) is 6.54 Å². The van der Waals surface area contributed by atoms with Crippen LogP contribution in [0.2, 0.25) is 0 Å². The summed E-state index contributed by atoms with van der Waals surface area (Å²) >= 11 is 0. The monoisotopic (exact) mass is 221 g/mol. The Kier molecular flexibility index (Phi) is 2.54. The van der Waals surface area contributed by atoms with Gasteiger partial charge in [0.15, 0.2) is 0 Å². The number of rotatable bonds is 2. The standard InChI is InChI=1S/C16H15N/c17-10-9-12-5-6-14-8-7-13-3-1-2-4-15(13)16(14)11-12/h1-8,11H,9-10,17H2. The van der Waals surface area contributed by atoms with E-state index in [0.717, 1.165) is 6.42 Å². The number of nitrogens with two attached hydrogens (primary N) is 1. The predicted octanol–water partition coefficient (Wildman–Crippen LogP) is 3.49. The molecule has 0 amide bonds. The van der Waals surface area contributed by atoms with E-state index in [0.29, 0.717) is 6.54 Å². The first-order valence-electron chi connectivity index (χ1n) is 5.99. The van der Waals surface area contributed by atoms with Crippen LogP contribution in [0.5, 0.6) is 0 Å². The summed E-state index contributed by atoms with van der Waals surface area (Å²) in [6.45, 7) is 0.705. The maximum atomic E-state index is 5.62. The van der Waals surface area contributed by atoms with Crippen LogP contribution >= 0.6 is 0 Å². The van der Waals surface area contributed by atoms with E-state index in [1.807, 2.05) is 0 Å². The predicted molar refractivity (Wildman–Crippen MR) is 74.2 cm³/mol. The van der Waals surface area contributed by atoms with Gasteiger partial charge >= 0.3 is 0 Å². The Labute approximate surface area is 101 Å². The summed E-state index contributed by atoms with van der Waals surface area (Å²) in [7, 11) is 0. The fourth-order valence-electron chi connectivity index (χ4n) is 2.37. The van der Waals surface area contributed by atoms with Crippen LogP contribution in [-0.2, 0) is 6.42 Å². The first-order chi connectivity index (χ1) is 8.38. The van der Waals surface area contributed by atoms with Gasteiger partial charge in [-0.2, -0.15) is 0 Å². The summed E-state index contributed by atoms with van der Waals surface area (Å²) in [5, 5.41) is 5.24. The third kappa shape index (κ3) is 1.79. The van der Waals surface area contributed by atoms with Gasteiger partial charge in [-0.1, -0.05) is 54.6 Å². The zero-order valence-electron chi connectivity index (χ0n) is 9.69. The van der Waals surface area contributed by atoms with Crippen molar-refractivity contribution in [1.29, 1.82) is 0 Å². The van der Waals surface area contributed by atoms with E-state index in [-0.39, 0.29) is 0 Å². The molecule has 2 N–H and O–H groups in total. The van der Waals surface area contributed by atoms with E-state index in [9.17, 15) is 0 Å². The van der Waals surface area contributed by atoms with E-state index in [1.54, 1.807) is 0 Å². The highest BCUT2D eigenvalue weighted by atomic mass is 14.5. The minimum Gasteiger partial charge on any atom is -0.330 e. The Balaban J connectivity index is 2.34. The highest BCUT2D eigenvalue weighted by Gasteiger charge is 2.01. The lowest BCUT2D eigenvalue weighted by atomic mass is 9.99. The normalized spacial score (nSPS) is 11.1. The van der Waals surface area contributed by atoms with Crippen molar-refractivity contribution < 1.29 is 0 Å². The molecule has 17 heavy (non-hydrogen) atoms. The maximum absolute atomic E-state index is 5.62. The van der Waals surface area contributed by atoms with Crippen molar-refractivity contribution in [1.82, 2.24) is 0 Å². The molecule has 3 aromatic carbocycles. The van der Waals surface area contributed by atoms with Crippen LogP contribution < -0.4 is 5.73 Å². The van der Waals surface area contributed by atoms with Crippen LogP contribution in [0.3, 0.4) is 0 Å². The van der Waals surface area contributed by atoms with Crippen LogP contribution in [0, 0.1) is 0 Å². The number of hydrogen-bond donors (Lipinski definition) is 1. The average Bonchev–Trinajstić information content (AvgIpc) is 2.39. The third-order valence-electron chi connectivity index (χ3n) is 3.24. The van der Waals surface area contributed by atoms with E-state index in [4.69, 9.17) is 5.73 Å². The smallest absolute Gasteiger partial charge is 0.00367 e. The van der Waals surface area contributed by atoms with Gasteiger partial charge < -0.3 is 5.73 Å². The lowest BCUT2D eigenvalue weighted by Crippen LogP contribution is -2.02. The fraction of sp³-hybridized carbons (Fsp3) is 0.125. The molecule has 0 bridgehead atoms. The summed E-state index contributed by atoms with van der Waals surface area (Å²) in [6, 6.07) is 19.5. The summed E-state index contributed by atoms with van der Waals surface area (Å²) in [5.41, 5.74) is 6.93. The minimum atomic E-state index is 0.705. The number of fused-ring (bicyclic) bond motifs is 3. The molecule has 0 saturated heterocycles. The third-order valence-corrected chi connectivity index (χ3v) is 3.24. The van der Waals surface area contributed by atoms with Crippen molar-refractivity contribution in [3.8, 4) is 0 Å². The Bertz CT molecular complexity index is 670. The van der Waals surface area contributed by atoms with Crippen molar-refractivity contribution in [2.75, 3.05) is 6.54 Å². The highest BCUT2D eigenvalue weighted by Crippen LogP contribution is 2.26. The first-order valence-corrected chi connectivity index (χ1v) is 5.99. The number of benzene rings is 3. The highest BCUT2D eigenvalue weighted by molar-refractivity contribution is 6.07. The molecular weight excluding hydrogens is 206 g/mol. The lowest BCUT2D eigenvalue weighted by Gasteiger charge is -2.06. The van der Waals surface area contributed by atoms with Crippen molar-refractivity contribution in [3.05, 3.63) is 60.2 Å². The van der Waals surface area contributed by atoms with Crippen molar-refractivity contribution in [2.45, 2.75) is 6.42 Å². The van der Waals surface area contributed by atoms with Crippen LogP contribution in [0.15, 0.2) is 54.6 Å². The largest absolute Gasteiger partial charge is 0.330 e. The zero-order valence-corrected chi connectivity index (χ0v) is 9.69. The van der Waals surface area contributed by atoms with Crippen molar-refractivity contribution in [2.24, 2.45) is 5.73 Å². The van der Waals surface area contributed by atoms with Crippen molar-refractivity contribution in [3.63, 3.8) is 0 Å². The fourth-order valence-corrected chi connectivity index (χ4v) is 2.37. The van der Waals surface area contributed by atoms with Gasteiger partial charge in [-0.25, -0.2) is 0 Å². The molecule has 0 spiro atoms. The van der Waals surface area contributed by atoms with Crippen molar-refractivity contribution >= 4 is 21.5 Å². The van der Waals surface area contributed by atoms with Gasteiger partial charge in [0.2, 0.25) is 0 Å². The molecule has 3 aromatic rings. The van der Waals surface area contributed by atoms with Crippen LogP contribution in [0.1, 0.15) is 5.56 Å². The Hall–Kier alpha value is -1.86. The zero-order chi connectivity index (χ0) is 11.7. The molecular formula is C16H15N. The molecule has 84 valence electrons. The van der Waals surface area contributed by atoms with E-state index in [2.05, 4.69) is 54.6 Å². The second kappa shape index (κ2) is 4.19. The molecule has 0 fully saturated rings. The summed E-state index contributed by atoms with van der Waals surface area (Å²) < 4.78 is 0. The maximum Gasteiger partial charge on any atom is -0.00367 e. The molecule has 0 atom stereocenters. The second-order valence-electron chi connectivity index (χ2n) is 4.38. The number of hydrogen-bond acceptors (Lipinski definition) is 1. The molecule has 0 aliphatic carbocycles. The molecule has 0 unspecified atom stereocenters. The lowest BCUT2D eigenvalue weighted by molar-refractivity contribution is 0.971.